The Balaban J connectivity index is 2.40. The molecule has 0 aliphatic rings. The van der Waals surface area contributed by atoms with Crippen molar-refractivity contribution in [3.05, 3.63) is 52.3 Å². The summed E-state index contributed by atoms with van der Waals surface area (Å²) >= 11 is 2.97. The molecule has 2 aromatic rings. The highest BCUT2D eigenvalue weighted by molar-refractivity contribution is 9.10. The zero-order chi connectivity index (χ0) is 13.3. The first kappa shape index (κ1) is 12.8. The van der Waals surface area contributed by atoms with Gasteiger partial charge in [0.1, 0.15) is 11.5 Å². The summed E-state index contributed by atoms with van der Waals surface area (Å²) in [4.78, 5) is 0. The highest BCUT2D eigenvalue weighted by Crippen LogP contribution is 2.29. The Morgan fingerprint density at radius 2 is 1.61 bits per heavy atom. The molecule has 18 heavy (non-hydrogen) atoms. The molecule has 0 saturated heterocycles. The Morgan fingerprint density at radius 1 is 1.00 bits per heavy atom. The fraction of sp³-hybridized carbons (Fsp3) is 0. The normalized spacial score (nSPS) is 10.4. The fourth-order valence-electron chi connectivity index (χ4n) is 1.44. The molecule has 0 unspecified atom stereocenters. The molecular formula is C12H8BrF3N2. The van der Waals surface area contributed by atoms with Crippen molar-refractivity contribution in [2.75, 3.05) is 11.1 Å². The maximum absolute atomic E-state index is 13.6. The standard InChI is InChI=1S/C12H8BrF3N2/c13-6-3-8(15)12(9(16)4-6)18-11-2-1-7(14)5-10(11)17/h1-5,18H,17H2. The summed E-state index contributed by atoms with van der Waals surface area (Å²) in [7, 11) is 0. The molecule has 0 saturated carbocycles. The molecule has 0 radical (unpaired) electrons. The van der Waals surface area contributed by atoms with E-state index in [4.69, 9.17) is 5.73 Å². The number of benzene rings is 2. The second kappa shape index (κ2) is 4.89. The maximum atomic E-state index is 13.6. The number of hydrogen-bond acceptors (Lipinski definition) is 2. The van der Waals surface area contributed by atoms with Crippen LogP contribution in [-0.4, -0.2) is 0 Å². The van der Waals surface area contributed by atoms with E-state index >= 15 is 0 Å². The first-order valence-corrected chi connectivity index (χ1v) is 5.73. The monoisotopic (exact) mass is 316 g/mol. The van der Waals surface area contributed by atoms with Crippen LogP contribution in [0.2, 0.25) is 0 Å². The van der Waals surface area contributed by atoms with Crippen molar-refractivity contribution >= 4 is 33.0 Å². The van der Waals surface area contributed by atoms with Gasteiger partial charge in [-0.3, -0.25) is 0 Å². The molecule has 0 heterocycles. The Bertz CT molecular complexity index is 579. The molecule has 2 nitrogen and oxygen atoms in total. The molecule has 3 N–H and O–H groups in total. The third-order valence-corrected chi connectivity index (χ3v) is 2.74. The predicted molar refractivity (Wildman–Crippen MR) is 68.2 cm³/mol. The van der Waals surface area contributed by atoms with Crippen LogP contribution in [0.3, 0.4) is 0 Å². The van der Waals surface area contributed by atoms with E-state index in [1.165, 1.54) is 6.07 Å². The molecule has 0 atom stereocenters. The van der Waals surface area contributed by atoms with Gasteiger partial charge in [0.05, 0.1) is 11.4 Å². The molecule has 94 valence electrons. The maximum Gasteiger partial charge on any atom is 0.150 e. The zero-order valence-electron chi connectivity index (χ0n) is 8.98. The van der Waals surface area contributed by atoms with Gasteiger partial charge in [0.15, 0.2) is 11.6 Å². The lowest BCUT2D eigenvalue weighted by molar-refractivity contribution is 0.589. The molecule has 0 aliphatic carbocycles. The quantitative estimate of drug-likeness (QED) is 0.815. The van der Waals surface area contributed by atoms with Crippen LogP contribution in [-0.2, 0) is 0 Å². The lowest BCUT2D eigenvalue weighted by Gasteiger charge is -2.11. The highest BCUT2D eigenvalue weighted by atomic mass is 79.9. The van der Waals surface area contributed by atoms with E-state index < -0.39 is 17.5 Å². The van der Waals surface area contributed by atoms with Gasteiger partial charge in [-0.2, -0.15) is 0 Å². The fourth-order valence-corrected chi connectivity index (χ4v) is 1.85. The van der Waals surface area contributed by atoms with Gasteiger partial charge in [-0.1, -0.05) is 15.9 Å². The van der Waals surface area contributed by atoms with Crippen molar-refractivity contribution in [3.63, 3.8) is 0 Å². The Hall–Kier alpha value is -1.69. The van der Waals surface area contributed by atoms with Crippen molar-refractivity contribution in [2.45, 2.75) is 0 Å². The van der Waals surface area contributed by atoms with Gasteiger partial charge in [0.25, 0.3) is 0 Å². The number of anilines is 3. The van der Waals surface area contributed by atoms with Crippen LogP contribution in [0, 0.1) is 17.5 Å². The average molecular weight is 317 g/mol. The van der Waals surface area contributed by atoms with Gasteiger partial charge in [-0.25, -0.2) is 13.2 Å². The lowest BCUT2D eigenvalue weighted by Crippen LogP contribution is -2.01. The molecule has 2 aromatic carbocycles. The molecular weight excluding hydrogens is 309 g/mol. The summed E-state index contributed by atoms with van der Waals surface area (Å²) in [6, 6.07) is 5.76. The highest BCUT2D eigenvalue weighted by Gasteiger charge is 2.12. The third-order valence-electron chi connectivity index (χ3n) is 2.28. The minimum Gasteiger partial charge on any atom is -0.397 e. The van der Waals surface area contributed by atoms with Crippen molar-refractivity contribution in [2.24, 2.45) is 0 Å². The van der Waals surface area contributed by atoms with E-state index in [1.807, 2.05) is 0 Å². The van der Waals surface area contributed by atoms with Gasteiger partial charge in [0.2, 0.25) is 0 Å². The van der Waals surface area contributed by atoms with Crippen LogP contribution in [0.25, 0.3) is 0 Å². The first-order chi connectivity index (χ1) is 8.47. The van der Waals surface area contributed by atoms with Crippen molar-refractivity contribution in [3.8, 4) is 0 Å². The van der Waals surface area contributed by atoms with E-state index in [0.29, 0.717) is 0 Å². The molecule has 0 spiro atoms. The average Bonchev–Trinajstić information content (AvgIpc) is 2.25. The van der Waals surface area contributed by atoms with Crippen molar-refractivity contribution in [1.82, 2.24) is 0 Å². The number of nitrogen functional groups attached to an aromatic ring is 1. The van der Waals surface area contributed by atoms with Crippen LogP contribution in [0.1, 0.15) is 0 Å². The van der Waals surface area contributed by atoms with Crippen LogP contribution < -0.4 is 11.1 Å². The topological polar surface area (TPSA) is 38.0 Å². The van der Waals surface area contributed by atoms with Gasteiger partial charge in [-0.15, -0.1) is 0 Å². The van der Waals surface area contributed by atoms with Crippen LogP contribution >= 0.6 is 15.9 Å². The minimum atomic E-state index is -0.773. The van der Waals surface area contributed by atoms with Crippen molar-refractivity contribution < 1.29 is 13.2 Å². The molecule has 0 bridgehead atoms. The molecule has 2 rings (SSSR count). The van der Waals surface area contributed by atoms with Gasteiger partial charge >= 0.3 is 0 Å². The van der Waals surface area contributed by atoms with Crippen LogP contribution in [0.5, 0.6) is 0 Å². The first-order valence-electron chi connectivity index (χ1n) is 4.94. The predicted octanol–water partition coefficient (Wildman–Crippen LogP) is 4.19. The second-order valence-electron chi connectivity index (χ2n) is 3.60. The Labute approximate surface area is 110 Å². The second-order valence-corrected chi connectivity index (χ2v) is 4.52. The van der Waals surface area contributed by atoms with Gasteiger partial charge in [-0.05, 0) is 30.3 Å². The van der Waals surface area contributed by atoms with E-state index in [1.54, 1.807) is 0 Å². The van der Waals surface area contributed by atoms with Crippen LogP contribution in [0.15, 0.2) is 34.8 Å². The minimum absolute atomic E-state index is 0.0664. The zero-order valence-corrected chi connectivity index (χ0v) is 10.6. The van der Waals surface area contributed by atoms with Crippen molar-refractivity contribution in [1.29, 1.82) is 0 Å². The Kier molecular flexibility index (Phi) is 3.47. The number of nitrogens with one attached hydrogen (secondary N) is 1. The summed E-state index contributed by atoms with van der Waals surface area (Å²) < 4.78 is 40.2. The molecule has 0 aliphatic heterocycles. The number of halogens is 4. The summed E-state index contributed by atoms with van der Waals surface area (Å²) in [6.07, 6.45) is 0. The van der Waals surface area contributed by atoms with E-state index in [9.17, 15) is 13.2 Å². The number of rotatable bonds is 2. The Morgan fingerprint density at radius 3 is 2.17 bits per heavy atom. The summed E-state index contributed by atoms with van der Waals surface area (Å²) in [5, 5.41) is 2.50. The van der Waals surface area contributed by atoms with E-state index in [0.717, 1.165) is 24.3 Å². The molecule has 0 fully saturated rings. The summed E-state index contributed by atoms with van der Waals surface area (Å²) in [6.45, 7) is 0. The largest absolute Gasteiger partial charge is 0.397 e. The lowest BCUT2D eigenvalue weighted by atomic mass is 10.2. The van der Waals surface area contributed by atoms with E-state index in [2.05, 4.69) is 21.2 Å². The number of nitrogens with two attached hydrogens (primary N) is 1. The summed E-state index contributed by atoms with van der Waals surface area (Å²) in [5.41, 5.74) is 5.51. The number of hydrogen-bond donors (Lipinski definition) is 2. The molecule has 0 aromatic heterocycles. The van der Waals surface area contributed by atoms with E-state index in [-0.39, 0.29) is 21.5 Å². The van der Waals surface area contributed by atoms with Crippen LogP contribution in [0.4, 0.5) is 30.2 Å². The van der Waals surface area contributed by atoms with Gasteiger partial charge < -0.3 is 11.1 Å². The van der Waals surface area contributed by atoms with Gasteiger partial charge in [0, 0.05) is 4.47 Å². The molecule has 0 amide bonds. The SMILES string of the molecule is Nc1cc(F)ccc1Nc1c(F)cc(Br)cc1F. The molecule has 6 heteroatoms. The third kappa shape index (κ3) is 2.59. The smallest absolute Gasteiger partial charge is 0.150 e. The summed E-state index contributed by atoms with van der Waals surface area (Å²) in [5.74, 6) is -2.06.